The third-order valence-corrected chi connectivity index (χ3v) is 3.98. The van der Waals surface area contributed by atoms with Crippen LogP contribution in [0.1, 0.15) is 19.3 Å². The molecule has 1 atom stereocenters. The minimum atomic E-state index is -0.00346. The number of aromatic nitrogens is 2. The van der Waals surface area contributed by atoms with E-state index in [1.54, 1.807) is 16.9 Å². The number of ether oxygens (including phenoxy) is 1. The van der Waals surface area contributed by atoms with Crippen molar-refractivity contribution in [1.29, 1.82) is 0 Å². The monoisotopic (exact) mass is 314 g/mol. The molecule has 1 saturated carbocycles. The van der Waals surface area contributed by atoms with E-state index in [-0.39, 0.29) is 24.1 Å². The lowest BCUT2D eigenvalue weighted by molar-refractivity contribution is 0.0368. The number of hydrogen-bond acceptors (Lipinski definition) is 5. The Morgan fingerprint density at radius 2 is 2.24 bits per heavy atom. The van der Waals surface area contributed by atoms with Crippen molar-refractivity contribution in [3.05, 3.63) is 22.6 Å². The van der Waals surface area contributed by atoms with Gasteiger partial charge in [0.25, 0.3) is 5.56 Å². The first-order chi connectivity index (χ1) is 9.76. The Bertz CT molecular complexity index is 516. The smallest absolute Gasteiger partial charge is 0.268 e. The Morgan fingerprint density at radius 3 is 2.90 bits per heavy atom. The van der Waals surface area contributed by atoms with Crippen LogP contribution in [0.4, 0.5) is 5.69 Å². The number of nitrogens with two attached hydrogens (primary N) is 1. The topological polar surface area (TPSA) is 73.4 Å². The van der Waals surface area contributed by atoms with E-state index < -0.39 is 0 Å². The quantitative estimate of drug-likeness (QED) is 0.863. The highest BCUT2D eigenvalue weighted by Gasteiger charge is 2.24. The molecule has 2 heterocycles. The Hall–Kier alpha value is -1.11. The Balaban J connectivity index is 0.00000161. The van der Waals surface area contributed by atoms with Gasteiger partial charge in [0.1, 0.15) is 0 Å². The van der Waals surface area contributed by atoms with Gasteiger partial charge in [-0.15, -0.1) is 12.4 Å². The SMILES string of the molecule is Cl.NCCC1CN(c2cnn(CC3CC3)c(=O)c2)CCO1. The minimum absolute atomic E-state index is 0. The lowest BCUT2D eigenvalue weighted by Crippen LogP contribution is -2.43. The van der Waals surface area contributed by atoms with Crippen molar-refractivity contribution in [2.45, 2.75) is 31.9 Å². The molecule has 3 rings (SSSR count). The molecule has 1 saturated heterocycles. The largest absolute Gasteiger partial charge is 0.374 e. The van der Waals surface area contributed by atoms with Crippen LogP contribution in [0.3, 0.4) is 0 Å². The van der Waals surface area contributed by atoms with Crippen LogP contribution in [-0.2, 0) is 11.3 Å². The van der Waals surface area contributed by atoms with E-state index in [0.717, 1.165) is 31.7 Å². The van der Waals surface area contributed by atoms with Crippen molar-refractivity contribution in [3.8, 4) is 0 Å². The third-order valence-electron chi connectivity index (χ3n) is 3.98. The molecular weight excluding hydrogens is 292 g/mol. The molecule has 0 aromatic carbocycles. The summed E-state index contributed by atoms with van der Waals surface area (Å²) in [6.07, 6.45) is 5.25. The highest BCUT2D eigenvalue weighted by atomic mass is 35.5. The summed E-state index contributed by atoms with van der Waals surface area (Å²) in [5.41, 5.74) is 6.47. The molecule has 1 aliphatic heterocycles. The maximum Gasteiger partial charge on any atom is 0.268 e. The summed E-state index contributed by atoms with van der Waals surface area (Å²) in [6.45, 7) is 3.65. The molecule has 0 bridgehead atoms. The number of rotatable bonds is 5. The van der Waals surface area contributed by atoms with Crippen molar-refractivity contribution in [2.24, 2.45) is 11.7 Å². The van der Waals surface area contributed by atoms with Gasteiger partial charge >= 0.3 is 0 Å². The fourth-order valence-electron chi connectivity index (χ4n) is 2.59. The summed E-state index contributed by atoms with van der Waals surface area (Å²) < 4.78 is 7.24. The fourth-order valence-corrected chi connectivity index (χ4v) is 2.59. The summed E-state index contributed by atoms with van der Waals surface area (Å²) in [7, 11) is 0. The summed E-state index contributed by atoms with van der Waals surface area (Å²) in [5, 5.41) is 4.30. The van der Waals surface area contributed by atoms with Crippen molar-refractivity contribution in [3.63, 3.8) is 0 Å². The standard InChI is InChI=1S/C14H22N4O2.ClH/c15-4-3-13-10-17(5-6-20-13)12-7-14(19)18(16-8-12)9-11-1-2-11;/h7-8,11,13H,1-6,9-10,15H2;1H. The number of morpholine rings is 1. The number of hydrogen-bond donors (Lipinski definition) is 1. The molecule has 0 amide bonds. The predicted octanol–water partition coefficient (Wildman–Crippen LogP) is 0.629. The average molecular weight is 315 g/mol. The van der Waals surface area contributed by atoms with E-state index in [9.17, 15) is 4.79 Å². The molecule has 1 aliphatic carbocycles. The zero-order valence-electron chi connectivity index (χ0n) is 12.1. The molecule has 0 spiro atoms. The van der Waals surface area contributed by atoms with Gasteiger partial charge in [-0.2, -0.15) is 5.10 Å². The van der Waals surface area contributed by atoms with Crippen LogP contribution in [-0.4, -0.2) is 42.1 Å². The Morgan fingerprint density at radius 1 is 1.43 bits per heavy atom. The molecule has 6 nitrogen and oxygen atoms in total. The van der Waals surface area contributed by atoms with Crippen LogP contribution in [0.2, 0.25) is 0 Å². The van der Waals surface area contributed by atoms with Gasteiger partial charge in [-0.1, -0.05) is 0 Å². The molecule has 118 valence electrons. The van der Waals surface area contributed by atoms with Crippen molar-refractivity contribution in [2.75, 3.05) is 31.1 Å². The summed E-state index contributed by atoms with van der Waals surface area (Å²) in [6, 6.07) is 1.69. The summed E-state index contributed by atoms with van der Waals surface area (Å²) in [5.74, 6) is 0.656. The summed E-state index contributed by atoms with van der Waals surface area (Å²) >= 11 is 0. The first-order valence-electron chi connectivity index (χ1n) is 7.40. The second-order valence-electron chi connectivity index (χ2n) is 5.69. The molecule has 21 heavy (non-hydrogen) atoms. The van der Waals surface area contributed by atoms with Gasteiger partial charge in [0.15, 0.2) is 0 Å². The second kappa shape index (κ2) is 7.24. The van der Waals surface area contributed by atoms with Crippen LogP contribution in [0, 0.1) is 5.92 Å². The third kappa shape index (κ3) is 4.18. The van der Waals surface area contributed by atoms with Gasteiger partial charge in [0, 0.05) is 25.7 Å². The van der Waals surface area contributed by atoms with Crippen LogP contribution < -0.4 is 16.2 Å². The van der Waals surface area contributed by atoms with E-state index in [4.69, 9.17) is 10.5 Å². The molecule has 0 radical (unpaired) electrons. The zero-order valence-corrected chi connectivity index (χ0v) is 12.9. The van der Waals surface area contributed by atoms with E-state index >= 15 is 0 Å². The Kier molecular flexibility index (Phi) is 5.61. The maximum absolute atomic E-state index is 12.1. The van der Waals surface area contributed by atoms with Gasteiger partial charge in [0.2, 0.25) is 0 Å². The number of halogens is 1. The van der Waals surface area contributed by atoms with Gasteiger partial charge in [-0.25, -0.2) is 4.68 Å². The highest BCUT2D eigenvalue weighted by molar-refractivity contribution is 5.85. The number of nitrogens with zero attached hydrogens (tertiary/aromatic N) is 3. The van der Waals surface area contributed by atoms with Crippen LogP contribution in [0.25, 0.3) is 0 Å². The molecule has 2 aliphatic rings. The second-order valence-corrected chi connectivity index (χ2v) is 5.69. The maximum atomic E-state index is 12.1. The highest BCUT2D eigenvalue weighted by Crippen LogP contribution is 2.29. The molecular formula is C14H23ClN4O2. The number of anilines is 1. The van der Waals surface area contributed by atoms with Gasteiger partial charge in [0.05, 0.1) is 24.6 Å². The summed E-state index contributed by atoms with van der Waals surface area (Å²) in [4.78, 5) is 14.2. The van der Waals surface area contributed by atoms with Crippen molar-refractivity contribution < 1.29 is 4.74 Å². The average Bonchev–Trinajstić information content (AvgIpc) is 3.26. The molecule has 1 aromatic rings. The molecule has 2 N–H and O–H groups in total. The lowest BCUT2D eigenvalue weighted by Gasteiger charge is -2.34. The van der Waals surface area contributed by atoms with Crippen LogP contribution in [0.5, 0.6) is 0 Å². The van der Waals surface area contributed by atoms with E-state index in [1.807, 2.05) is 0 Å². The van der Waals surface area contributed by atoms with Gasteiger partial charge in [-0.05, 0) is 31.7 Å². The molecule has 7 heteroatoms. The molecule has 1 aromatic heterocycles. The van der Waals surface area contributed by atoms with E-state index in [2.05, 4.69) is 10.00 Å². The van der Waals surface area contributed by atoms with Crippen molar-refractivity contribution >= 4 is 18.1 Å². The van der Waals surface area contributed by atoms with Crippen LogP contribution >= 0.6 is 12.4 Å². The zero-order chi connectivity index (χ0) is 13.9. The first kappa shape index (κ1) is 16.3. The van der Waals surface area contributed by atoms with Crippen molar-refractivity contribution in [1.82, 2.24) is 9.78 Å². The van der Waals surface area contributed by atoms with Gasteiger partial charge in [-0.3, -0.25) is 4.79 Å². The lowest BCUT2D eigenvalue weighted by atomic mass is 10.2. The normalized spacial score (nSPS) is 22.0. The Labute approximate surface area is 130 Å². The van der Waals surface area contributed by atoms with Crippen LogP contribution in [0.15, 0.2) is 17.1 Å². The first-order valence-corrected chi connectivity index (χ1v) is 7.40. The van der Waals surface area contributed by atoms with E-state index in [0.29, 0.717) is 19.1 Å². The predicted molar refractivity (Wildman–Crippen MR) is 84.1 cm³/mol. The minimum Gasteiger partial charge on any atom is -0.374 e. The fraction of sp³-hybridized carbons (Fsp3) is 0.714. The van der Waals surface area contributed by atoms with Gasteiger partial charge < -0.3 is 15.4 Å². The molecule has 2 fully saturated rings. The molecule has 1 unspecified atom stereocenters. The van der Waals surface area contributed by atoms with E-state index in [1.165, 1.54) is 12.8 Å².